The summed E-state index contributed by atoms with van der Waals surface area (Å²) >= 11 is 0. The number of nitrogens with zero attached hydrogens (tertiary/aromatic N) is 3. The van der Waals surface area contributed by atoms with Gasteiger partial charge in [-0.2, -0.15) is 13.2 Å². The number of alkyl halides is 3. The van der Waals surface area contributed by atoms with Crippen molar-refractivity contribution in [3.63, 3.8) is 0 Å². The molecule has 4 nitrogen and oxygen atoms in total. The van der Waals surface area contributed by atoms with Gasteiger partial charge in [0.2, 0.25) is 5.95 Å². The first-order valence-corrected chi connectivity index (χ1v) is 5.36. The zero-order valence-electron chi connectivity index (χ0n) is 9.11. The van der Waals surface area contributed by atoms with E-state index in [1.165, 1.54) is 0 Å². The van der Waals surface area contributed by atoms with Crippen LogP contribution in [0.15, 0.2) is 12.3 Å². The second kappa shape index (κ2) is 4.48. The molecule has 1 fully saturated rings. The van der Waals surface area contributed by atoms with Crippen molar-refractivity contribution < 1.29 is 13.2 Å². The first-order chi connectivity index (χ1) is 8.00. The Hall–Kier alpha value is -1.37. The lowest BCUT2D eigenvalue weighted by molar-refractivity contribution is -0.141. The summed E-state index contributed by atoms with van der Waals surface area (Å²) in [6.45, 7) is 1.96. The van der Waals surface area contributed by atoms with Crippen molar-refractivity contribution in [2.45, 2.75) is 12.6 Å². The molecule has 0 atom stereocenters. The highest BCUT2D eigenvalue weighted by Crippen LogP contribution is 2.29. The van der Waals surface area contributed by atoms with Crippen molar-refractivity contribution in [1.29, 1.82) is 0 Å². The van der Waals surface area contributed by atoms with Crippen molar-refractivity contribution >= 4 is 5.95 Å². The first kappa shape index (κ1) is 12.1. The summed E-state index contributed by atoms with van der Waals surface area (Å²) in [5, 5.41) is 0. The van der Waals surface area contributed by atoms with Gasteiger partial charge in [0, 0.05) is 19.3 Å². The van der Waals surface area contributed by atoms with Gasteiger partial charge in [-0.05, 0) is 24.9 Å². The molecule has 0 saturated carbocycles. The van der Waals surface area contributed by atoms with Gasteiger partial charge in [-0.15, -0.1) is 0 Å². The molecule has 0 spiro atoms. The Balaban J connectivity index is 2.04. The molecule has 1 saturated heterocycles. The van der Waals surface area contributed by atoms with Gasteiger partial charge in [-0.3, -0.25) is 0 Å². The van der Waals surface area contributed by atoms with Gasteiger partial charge in [0.1, 0.15) is 5.69 Å². The molecule has 1 aromatic heterocycles. The SMILES string of the molecule is NCCC1CN(c2nccc(C(F)(F)F)n2)C1. The molecule has 17 heavy (non-hydrogen) atoms. The highest BCUT2D eigenvalue weighted by Gasteiger charge is 2.34. The van der Waals surface area contributed by atoms with Crippen molar-refractivity contribution in [2.75, 3.05) is 24.5 Å². The second-order valence-corrected chi connectivity index (χ2v) is 4.09. The average Bonchev–Trinajstić information content (AvgIpc) is 2.22. The maximum atomic E-state index is 12.4. The largest absolute Gasteiger partial charge is 0.433 e. The summed E-state index contributed by atoms with van der Waals surface area (Å²) in [7, 11) is 0. The van der Waals surface area contributed by atoms with Gasteiger partial charge in [0.05, 0.1) is 0 Å². The fourth-order valence-corrected chi connectivity index (χ4v) is 1.81. The minimum absolute atomic E-state index is 0.146. The van der Waals surface area contributed by atoms with Crippen LogP contribution in [0.25, 0.3) is 0 Å². The predicted octanol–water partition coefficient (Wildman–Crippen LogP) is 1.28. The molecule has 0 aromatic carbocycles. The maximum absolute atomic E-state index is 12.4. The van der Waals surface area contributed by atoms with E-state index in [4.69, 9.17) is 5.73 Å². The number of anilines is 1. The van der Waals surface area contributed by atoms with E-state index >= 15 is 0 Å². The Morgan fingerprint density at radius 3 is 2.71 bits per heavy atom. The lowest BCUT2D eigenvalue weighted by Gasteiger charge is -2.39. The fraction of sp³-hybridized carbons (Fsp3) is 0.600. The standard InChI is InChI=1S/C10H13F3N4/c11-10(12,13)8-2-4-15-9(16-8)17-5-7(6-17)1-3-14/h2,4,7H,1,3,5-6,14H2. The lowest BCUT2D eigenvalue weighted by Crippen LogP contribution is -2.48. The minimum Gasteiger partial charge on any atom is -0.340 e. The maximum Gasteiger partial charge on any atom is 0.433 e. The van der Waals surface area contributed by atoms with E-state index in [0.29, 0.717) is 25.6 Å². The van der Waals surface area contributed by atoms with Crippen LogP contribution in [-0.4, -0.2) is 29.6 Å². The number of aromatic nitrogens is 2. The van der Waals surface area contributed by atoms with Gasteiger partial charge in [0.25, 0.3) is 0 Å². The van der Waals surface area contributed by atoms with E-state index in [1.54, 1.807) is 4.90 Å². The van der Waals surface area contributed by atoms with Crippen molar-refractivity contribution in [2.24, 2.45) is 11.7 Å². The predicted molar refractivity (Wildman–Crippen MR) is 56.4 cm³/mol. The highest BCUT2D eigenvalue weighted by molar-refractivity contribution is 5.34. The third-order valence-electron chi connectivity index (χ3n) is 2.75. The molecular weight excluding hydrogens is 233 g/mol. The summed E-state index contributed by atoms with van der Waals surface area (Å²) in [4.78, 5) is 9.10. The number of hydrogen-bond acceptors (Lipinski definition) is 4. The molecule has 0 aliphatic carbocycles. The van der Waals surface area contributed by atoms with Crippen LogP contribution in [0.5, 0.6) is 0 Å². The van der Waals surface area contributed by atoms with E-state index in [2.05, 4.69) is 9.97 Å². The highest BCUT2D eigenvalue weighted by atomic mass is 19.4. The summed E-state index contributed by atoms with van der Waals surface area (Å²) in [5.74, 6) is 0.589. The van der Waals surface area contributed by atoms with Crippen LogP contribution in [0.3, 0.4) is 0 Å². The van der Waals surface area contributed by atoms with E-state index < -0.39 is 11.9 Å². The molecule has 7 heteroatoms. The molecular formula is C10H13F3N4. The normalized spacial score (nSPS) is 17.1. The molecule has 1 aliphatic rings. The van der Waals surface area contributed by atoms with Crippen LogP contribution in [0.2, 0.25) is 0 Å². The van der Waals surface area contributed by atoms with Crippen LogP contribution in [0.1, 0.15) is 12.1 Å². The Morgan fingerprint density at radius 1 is 1.41 bits per heavy atom. The van der Waals surface area contributed by atoms with Crippen LogP contribution in [0.4, 0.5) is 19.1 Å². The third-order valence-corrected chi connectivity index (χ3v) is 2.75. The number of rotatable bonds is 3. The van der Waals surface area contributed by atoms with Crippen LogP contribution in [0, 0.1) is 5.92 Å². The van der Waals surface area contributed by atoms with Crippen LogP contribution in [-0.2, 0) is 6.18 Å². The molecule has 2 N–H and O–H groups in total. The van der Waals surface area contributed by atoms with Gasteiger partial charge in [-0.1, -0.05) is 0 Å². The monoisotopic (exact) mass is 246 g/mol. The third kappa shape index (κ3) is 2.66. The van der Waals surface area contributed by atoms with Gasteiger partial charge in [-0.25, -0.2) is 9.97 Å². The molecule has 2 rings (SSSR count). The van der Waals surface area contributed by atoms with E-state index in [0.717, 1.165) is 18.7 Å². The summed E-state index contributed by atoms with van der Waals surface area (Å²) < 4.78 is 37.3. The number of halogens is 3. The Labute approximate surface area is 96.7 Å². The van der Waals surface area contributed by atoms with Gasteiger partial charge >= 0.3 is 6.18 Å². The second-order valence-electron chi connectivity index (χ2n) is 4.09. The molecule has 0 radical (unpaired) electrons. The van der Waals surface area contributed by atoms with Crippen LogP contribution < -0.4 is 10.6 Å². The smallest absolute Gasteiger partial charge is 0.340 e. The van der Waals surface area contributed by atoms with Gasteiger partial charge < -0.3 is 10.6 Å². The molecule has 2 heterocycles. The Bertz CT molecular complexity index is 387. The molecule has 0 amide bonds. The molecule has 0 unspecified atom stereocenters. The Morgan fingerprint density at radius 2 is 2.12 bits per heavy atom. The van der Waals surface area contributed by atoms with Crippen LogP contribution >= 0.6 is 0 Å². The lowest BCUT2D eigenvalue weighted by atomic mass is 9.97. The molecule has 94 valence electrons. The Kier molecular flexibility index (Phi) is 3.19. The minimum atomic E-state index is -4.42. The van der Waals surface area contributed by atoms with E-state index in [1.807, 2.05) is 0 Å². The first-order valence-electron chi connectivity index (χ1n) is 5.36. The molecule has 1 aromatic rings. The topological polar surface area (TPSA) is 55.0 Å². The average molecular weight is 246 g/mol. The quantitative estimate of drug-likeness (QED) is 0.872. The van der Waals surface area contributed by atoms with E-state index in [-0.39, 0.29) is 5.95 Å². The zero-order chi connectivity index (χ0) is 12.5. The van der Waals surface area contributed by atoms with Crippen molar-refractivity contribution in [1.82, 2.24) is 9.97 Å². The van der Waals surface area contributed by atoms with Crippen molar-refractivity contribution in [3.05, 3.63) is 18.0 Å². The van der Waals surface area contributed by atoms with Crippen molar-refractivity contribution in [3.8, 4) is 0 Å². The van der Waals surface area contributed by atoms with E-state index in [9.17, 15) is 13.2 Å². The number of hydrogen-bond donors (Lipinski definition) is 1. The summed E-state index contributed by atoms with van der Waals surface area (Å²) in [6, 6.07) is 0.876. The molecule has 1 aliphatic heterocycles. The van der Waals surface area contributed by atoms with Gasteiger partial charge in [0.15, 0.2) is 0 Å². The fourth-order valence-electron chi connectivity index (χ4n) is 1.81. The zero-order valence-corrected chi connectivity index (χ0v) is 9.11. The summed E-state index contributed by atoms with van der Waals surface area (Å²) in [5.41, 5.74) is 4.51. The number of nitrogens with two attached hydrogens (primary N) is 1. The molecule has 0 bridgehead atoms. The summed E-state index contributed by atoms with van der Waals surface area (Å²) in [6.07, 6.45) is -2.39.